The Bertz CT molecular complexity index is 398. The fourth-order valence-corrected chi connectivity index (χ4v) is 2.98. The molecule has 0 spiro atoms. The molecule has 0 radical (unpaired) electrons. The maximum atomic E-state index is 11.4. The van der Waals surface area contributed by atoms with E-state index in [1.165, 1.54) is 22.7 Å². The summed E-state index contributed by atoms with van der Waals surface area (Å²) in [5, 5.41) is 8.79. The molecule has 1 fully saturated rings. The number of allylic oxidation sites excluding steroid dienone is 1. The molecule has 10 heteroatoms. The SMILES string of the molecule is C=CC1=C(C(=O)O)N2C(=O)C(N)C2SC1.O.O.O.O. The van der Waals surface area contributed by atoms with Crippen LogP contribution in [0.4, 0.5) is 0 Å². The first-order valence-electron chi connectivity index (χ1n) is 4.37. The molecule has 2 unspecified atom stereocenters. The van der Waals surface area contributed by atoms with Crippen molar-refractivity contribution in [3.63, 3.8) is 0 Å². The molecule has 112 valence electrons. The normalized spacial score (nSPS) is 23.4. The first-order chi connectivity index (χ1) is 7.07. The van der Waals surface area contributed by atoms with Crippen molar-refractivity contribution in [2.75, 3.05) is 5.75 Å². The van der Waals surface area contributed by atoms with Crippen molar-refractivity contribution in [2.24, 2.45) is 5.73 Å². The van der Waals surface area contributed by atoms with Gasteiger partial charge in [-0.1, -0.05) is 12.7 Å². The van der Waals surface area contributed by atoms with Crippen LogP contribution in [-0.2, 0) is 9.59 Å². The Morgan fingerprint density at radius 3 is 2.37 bits per heavy atom. The summed E-state index contributed by atoms with van der Waals surface area (Å²) in [7, 11) is 0. The van der Waals surface area contributed by atoms with E-state index in [4.69, 9.17) is 10.8 Å². The Kier molecular flexibility index (Phi) is 9.43. The van der Waals surface area contributed by atoms with Crippen LogP contribution < -0.4 is 5.73 Å². The lowest BCUT2D eigenvalue weighted by Gasteiger charge is -2.47. The summed E-state index contributed by atoms with van der Waals surface area (Å²) in [5.74, 6) is -0.896. The van der Waals surface area contributed by atoms with Gasteiger partial charge in [0, 0.05) is 5.75 Å². The van der Waals surface area contributed by atoms with Gasteiger partial charge in [0.1, 0.15) is 17.1 Å². The predicted octanol–water partition coefficient (Wildman–Crippen LogP) is -3.55. The number of carboxylic acid groups (broad SMARTS) is 1. The molecule has 9 nitrogen and oxygen atoms in total. The molecule has 0 bridgehead atoms. The second-order valence-electron chi connectivity index (χ2n) is 3.32. The van der Waals surface area contributed by atoms with Crippen LogP contribution in [0, 0.1) is 0 Å². The highest BCUT2D eigenvalue weighted by Gasteiger charge is 2.51. The molecule has 1 saturated heterocycles. The van der Waals surface area contributed by atoms with E-state index in [9.17, 15) is 9.59 Å². The molecule has 11 N–H and O–H groups in total. The van der Waals surface area contributed by atoms with Gasteiger partial charge in [0.05, 0.1) is 0 Å². The summed E-state index contributed by atoms with van der Waals surface area (Å²) < 4.78 is 0. The van der Waals surface area contributed by atoms with Crippen molar-refractivity contribution in [2.45, 2.75) is 11.4 Å². The third-order valence-corrected chi connectivity index (χ3v) is 3.81. The number of hydrogen-bond acceptors (Lipinski definition) is 4. The first kappa shape index (κ1) is 22.7. The molecule has 0 aliphatic carbocycles. The van der Waals surface area contributed by atoms with Gasteiger partial charge in [-0.2, -0.15) is 0 Å². The number of aliphatic carboxylic acids is 1. The highest BCUT2D eigenvalue weighted by Crippen LogP contribution is 2.39. The van der Waals surface area contributed by atoms with Gasteiger partial charge in [-0.15, -0.1) is 11.8 Å². The number of carbonyl (C=O) groups excluding carboxylic acids is 1. The number of carbonyl (C=O) groups is 2. The Balaban J connectivity index is -0.000000640. The maximum Gasteiger partial charge on any atom is 0.352 e. The summed E-state index contributed by atoms with van der Waals surface area (Å²) in [5.41, 5.74) is 6.17. The molecule has 0 aromatic heterocycles. The monoisotopic (exact) mass is 298 g/mol. The minimum atomic E-state index is -1.10. The van der Waals surface area contributed by atoms with Crippen LogP contribution >= 0.6 is 11.8 Å². The number of nitrogens with two attached hydrogens (primary N) is 1. The van der Waals surface area contributed by atoms with Gasteiger partial charge in [-0.3, -0.25) is 9.69 Å². The molecule has 2 aliphatic rings. The standard InChI is InChI=1S/C9H10N2O3S.4H2O/c1-2-4-3-15-8-5(10)7(12)11(8)6(4)9(13)14;;;;/h2,5,8H,1,3,10H2,(H,13,14);4*1H2. The number of amides is 1. The van der Waals surface area contributed by atoms with E-state index in [0.717, 1.165) is 0 Å². The largest absolute Gasteiger partial charge is 0.477 e. The highest BCUT2D eigenvalue weighted by atomic mass is 32.2. The molecular weight excluding hydrogens is 280 g/mol. The van der Waals surface area contributed by atoms with Crippen LogP contribution in [-0.4, -0.2) is 61.0 Å². The highest BCUT2D eigenvalue weighted by molar-refractivity contribution is 8.00. The third-order valence-electron chi connectivity index (χ3n) is 2.49. The van der Waals surface area contributed by atoms with Crippen LogP contribution in [0.15, 0.2) is 23.9 Å². The molecule has 0 saturated carbocycles. The van der Waals surface area contributed by atoms with Gasteiger partial charge in [-0.05, 0) is 5.57 Å². The Hall–Kier alpha value is -1.43. The molecule has 0 aromatic rings. The number of nitrogens with zero attached hydrogens (tertiary/aromatic N) is 1. The Morgan fingerprint density at radius 2 is 1.95 bits per heavy atom. The van der Waals surface area contributed by atoms with Crippen LogP contribution in [0.1, 0.15) is 0 Å². The minimum Gasteiger partial charge on any atom is -0.477 e. The van der Waals surface area contributed by atoms with E-state index >= 15 is 0 Å². The lowest BCUT2D eigenvalue weighted by Crippen LogP contribution is -2.68. The van der Waals surface area contributed by atoms with E-state index in [1.807, 2.05) is 0 Å². The van der Waals surface area contributed by atoms with E-state index in [2.05, 4.69) is 6.58 Å². The molecule has 2 rings (SSSR count). The molecule has 0 aromatic carbocycles. The predicted molar refractivity (Wildman–Crippen MR) is 70.4 cm³/mol. The van der Waals surface area contributed by atoms with E-state index in [-0.39, 0.29) is 38.9 Å². The fourth-order valence-electron chi connectivity index (χ4n) is 1.70. The molecular formula is C9H18N2O7S. The Labute approximate surface area is 113 Å². The van der Waals surface area contributed by atoms with E-state index in [0.29, 0.717) is 11.3 Å². The van der Waals surface area contributed by atoms with Gasteiger partial charge < -0.3 is 32.7 Å². The summed E-state index contributed by atoms with van der Waals surface area (Å²) in [6, 6.07) is -0.573. The van der Waals surface area contributed by atoms with Crippen molar-refractivity contribution in [3.05, 3.63) is 23.9 Å². The molecule has 1 amide bonds. The van der Waals surface area contributed by atoms with E-state index in [1.54, 1.807) is 0 Å². The van der Waals surface area contributed by atoms with Crippen LogP contribution in [0.2, 0.25) is 0 Å². The van der Waals surface area contributed by atoms with Crippen LogP contribution in [0.3, 0.4) is 0 Å². The van der Waals surface area contributed by atoms with Crippen molar-refractivity contribution in [1.29, 1.82) is 0 Å². The number of carboxylic acids is 1. The molecule has 2 heterocycles. The summed E-state index contributed by atoms with van der Waals surface area (Å²) >= 11 is 1.47. The number of thioether (sulfide) groups is 1. The lowest BCUT2D eigenvalue weighted by atomic mass is 10.0. The van der Waals surface area contributed by atoms with Crippen molar-refractivity contribution >= 4 is 23.6 Å². The number of hydrogen-bond donors (Lipinski definition) is 2. The van der Waals surface area contributed by atoms with Crippen LogP contribution in [0.25, 0.3) is 0 Å². The van der Waals surface area contributed by atoms with Gasteiger partial charge in [0.25, 0.3) is 0 Å². The van der Waals surface area contributed by atoms with Crippen LogP contribution in [0.5, 0.6) is 0 Å². The van der Waals surface area contributed by atoms with Gasteiger partial charge in [0.2, 0.25) is 5.91 Å². The quantitative estimate of drug-likeness (QED) is 0.494. The van der Waals surface area contributed by atoms with Gasteiger partial charge in [-0.25, -0.2) is 4.79 Å². The van der Waals surface area contributed by atoms with E-state index < -0.39 is 12.0 Å². The molecule has 2 aliphatic heterocycles. The average molecular weight is 298 g/mol. The molecule has 2 atom stereocenters. The minimum absolute atomic E-state index is 0. The molecule has 19 heavy (non-hydrogen) atoms. The van der Waals surface area contributed by atoms with Crippen molar-refractivity contribution in [3.8, 4) is 0 Å². The summed E-state index contributed by atoms with van der Waals surface area (Å²) in [6.45, 7) is 3.54. The van der Waals surface area contributed by atoms with Gasteiger partial charge >= 0.3 is 5.97 Å². The fraction of sp³-hybridized carbons (Fsp3) is 0.333. The topological polar surface area (TPSA) is 210 Å². The summed E-state index contributed by atoms with van der Waals surface area (Å²) in [4.78, 5) is 23.7. The number of fused-ring (bicyclic) bond motifs is 1. The maximum absolute atomic E-state index is 11.4. The zero-order chi connectivity index (χ0) is 11.2. The smallest absolute Gasteiger partial charge is 0.352 e. The third kappa shape index (κ3) is 3.12. The first-order valence-corrected chi connectivity index (χ1v) is 5.42. The number of β-lactam (4-membered cyclic amide) rings is 1. The zero-order valence-corrected chi connectivity index (χ0v) is 10.7. The average Bonchev–Trinajstić information content (AvgIpc) is 2.25. The Morgan fingerprint density at radius 1 is 1.42 bits per heavy atom. The van der Waals surface area contributed by atoms with Crippen molar-refractivity contribution in [1.82, 2.24) is 4.90 Å². The van der Waals surface area contributed by atoms with Gasteiger partial charge in [0.15, 0.2) is 0 Å². The zero-order valence-electron chi connectivity index (χ0n) is 9.84. The second-order valence-corrected chi connectivity index (χ2v) is 4.42. The van der Waals surface area contributed by atoms with Crippen molar-refractivity contribution < 1.29 is 36.6 Å². The second kappa shape index (κ2) is 7.89. The summed E-state index contributed by atoms with van der Waals surface area (Å²) in [6.07, 6.45) is 1.48. The number of rotatable bonds is 2. The lowest BCUT2D eigenvalue weighted by molar-refractivity contribution is -0.147.